The lowest BCUT2D eigenvalue weighted by atomic mass is 9.77. The van der Waals surface area contributed by atoms with Gasteiger partial charge >= 0.3 is 0 Å². The van der Waals surface area contributed by atoms with Gasteiger partial charge < -0.3 is 10.5 Å². The minimum Gasteiger partial charge on any atom is -0.384 e. The van der Waals surface area contributed by atoms with Gasteiger partial charge in [-0.05, 0) is 49.4 Å². The highest BCUT2D eigenvalue weighted by Crippen LogP contribution is 2.42. The molecule has 2 rings (SSSR count). The zero-order valence-electron chi connectivity index (χ0n) is 12.8. The third-order valence-corrected chi connectivity index (χ3v) is 6.47. The average Bonchev–Trinajstić information content (AvgIpc) is 2.38. The van der Waals surface area contributed by atoms with Crippen molar-refractivity contribution in [1.29, 1.82) is 0 Å². The van der Waals surface area contributed by atoms with Gasteiger partial charge in [-0.1, -0.05) is 13.8 Å². The summed E-state index contributed by atoms with van der Waals surface area (Å²) >= 11 is 2.09. The second kappa shape index (κ2) is 6.33. The number of nitrogens with zero attached hydrogens (tertiary/aromatic N) is 1. The van der Waals surface area contributed by atoms with Crippen molar-refractivity contribution >= 4 is 11.8 Å². The fourth-order valence-corrected chi connectivity index (χ4v) is 5.32. The maximum atomic E-state index is 6.20. The number of piperidine rings is 1. The first kappa shape index (κ1) is 15.6. The molecule has 3 nitrogen and oxygen atoms in total. The third kappa shape index (κ3) is 3.66. The Labute approximate surface area is 122 Å². The molecule has 19 heavy (non-hydrogen) atoms. The van der Waals surface area contributed by atoms with Crippen LogP contribution in [0.15, 0.2) is 0 Å². The van der Waals surface area contributed by atoms with Gasteiger partial charge in [-0.2, -0.15) is 11.8 Å². The highest BCUT2D eigenvalue weighted by Gasteiger charge is 2.44. The molecule has 4 heteroatoms. The van der Waals surface area contributed by atoms with Gasteiger partial charge in [0.25, 0.3) is 0 Å². The van der Waals surface area contributed by atoms with Crippen molar-refractivity contribution < 1.29 is 4.74 Å². The monoisotopic (exact) mass is 286 g/mol. The highest BCUT2D eigenvalue weighted by atomic mass is 32.2. The van der Waals surface area contributed by atoms with E-state index in [-0.39, 0.29) is 5.54 Å². The normalized spacial score (nSPS) is 33.5. The smallest absolute Gasteiger partial charge is 0.0491 e. The predicted molar refractivity (Wildman–Crippen MR) is 83.7 cm³/mol. The molecule has 0 saturated carbocycles. The molecule has 1 unspecified atom stereocenters. The first-order chi connectivity index (χ1) is 9.01. The molecule has 112 valence electrons. The van der Waals surface area contributed by atoms with E-state index in [4.69, 9.17) is 10.5 Å². The first-order valence-electron chi connectivity index (χ1n) is 7.53. The number of hydrogen-bond acceptors (Lipinski definition) is 4. The molecule has 2 aliphatic heterocycles. The summed E-state index contributed by atoms with van der Waals surface area (Å²) in [5.74, 6) is 3.23. The van der Waals surface area contributed by atoms with Gasteiger partial charge in [-0.15, -0.1) is 0 Å². The number of rotatable bonds is 4. The summed E-state index contributed by atoms with van der Waals surface area (Å²) in [5, 5.41) is 0. The van der Waals surface area contributed by atoms with Crippen LogP contribution in [0, 0.1) is 11.3 Å². The van der Waals surface area contributed by atoms with Gasteiger partial charge in [-0.3, -0.25) is 4.90 Å². The van der Waals surface area contributed by atoms with Crippen LogP contribution in [0.3, 0.4) is 0 Å². The summed E-state index contributed by atoms with van der Waals surface area (Å²) in [4.78, 5) is 2.69. The molecule has 0 aromatic heterocycles. The minimum absolute atomic E-state index is 0.241. The number of methoxy groups -OCH3 is 1. The predicted octanol–water partition coefficient (Wildman–Crippen LogP) is 2.21. The van der Waals surface area contributed by atoms with Gasteiger partial charge in [0.2, 0.25) is 0 Å². The fourth-order valence-electron chi connectivity index (χ4n) is 3.78. The van der Waals surface area contributed by atoms with Crippen LogP contribution < -0.4 is 5.73 Å². The lowest BCUT2D eigenvalue weighted by molar-refractivity contribution is 0.0217. The van der Waals surface area contributed by atoms with Crippen molar-refractivity contribution in [3.8, 4) is 0 Å². The van der Waals surface area contributed by atoms with Crippen LogP contribution in [0.2, 0.25) is 0 Å². The maximum absolute atomic E-state index is 6.20. The molecule has 0 amide bonds. The van der Waals surface area contributed by atoms with Crippen LogP contribution >= 0.6 is 11.8 Å². The molecule has 0 spiro atoms. The number of nitrogens with two attached hydrogens (primary N) is 1. The lowest BCUT2D eigenvalue weighted by Gasteiger charge is -2.52. The molecule has 0 aliphatic carbocycles. The Morgan fingerprint density at radius 2 is 1.95 bits per heavy atom. The van der Waals surface area contributed by atoms with E-state index in [0.29, 0.717) is 5.41 Å². The van der Waals surface area contributed by atoms with Crippen LogP contribution in [0.1, 0.15) is 33.1 Å². The Kier molecular flexibility index (Phi) is 5.21. The van der Waals surface area contributed by atoms with Gasteiger partial charge in [-0.25, -0.2) is 0 Å². The van der Waals surface area contributed by atoms with Gasteiger partial charge in [0.15, 0.2) is 0 Å². The first-order valence-corrected chi connectivity index (χ1v) is 8.69. The van der Waals surface area contributed by atoms with Crippen LogP contribution in [0.25, 0.3) is 0 Å². The van der Waals surface area contributed by atoms with Crippen molar-refractivity contribution in [3.63, 3.8) is 0 Å². The zero-order chi connectivity index (χ0) is 13.9. The molecular formula is C15H30N2OS. The van der Waals surface area contributed by atoms with Crippen LogP contribution in [-0.4, -0.2) is 55.3 Å². The second-order valence-corrected chi connectivity index (χ2v) is 8.13. The van der Waals surface area contributed by atoms with E-state index in [1.54, 1.807) is 0 Å². The van der Waals surface area contributed by atoms with Crippen molar-refractivity contribution in [2.24, 2.45) is 17.1 Å². The van der Waals surface area contributed by atoms with Gasteiger partial charge in [0.05, 0.1) is 0 Å². The molecule has 2 heterocycles. The second-order valence-electron chi connectivity index (χ2n) is 7.15. The Balaban J connectivity index is 1.98. The SMILES string of the molecule is COCC1CCN(C2(CN)CSCC(C)(C)C2)CC1. The van der Waals surface area contributed by atoms with E-state index in [0.717, 1.165) is 19.1 Å². The number of ether oxygens (including phenoxy) is 1. The fraction of sp³-hybridized carbons (Fsp3) is 1.00. The Bertz CT molecular complexity index is 290. The van der Waals surface area contributed by atoms with E-state index >= 15 is 0 Å². The van der Waals surface area contributed by atoms with E-state index in [2.05, 4.69) is 30.5 Å². The average molecular weight is 286 g/mol. The standard InChI is InChI=1S/C15H30N2OS/c1-14(2)9-15(10-16,12-19-11-14)17-6-4-13(5-7-17)8-18-3/h13H,4-12,16H2,1-3H3. The van der Waals surface area contributed by atoms with E-state index < -0.39 is 0 Å². The molecule has 1 atom stereocenters. The van der Waals surface area contributed by atoms with Crippen molar-refractivity contribution in [1.82, 2.24) is 4.90 Å². The molecule has 2 fully saturated rings. The summed E-state index contributed by atoms with van der Waals surface area (Å²) in [6.45, 7) is 8.90. The summed E-state index contributed by atoms with van der Waals surface area (Å²) in [7, 11) is 1.81. The van der Waals surface area contributed by atoms with Crippen molar-refractivity contribution in [2.75, 3.05) is 44.9 Å². The Hall–Kier alpha value is 0.230. The lowest BCUT2D eigenvalue weighted by Crippen LogP contribution is -2.61. The molecule has 2 N–H and O–H groups in total. The van der Waals surface area contributed by atoms with Crippen LogP contribution in [-0.2, 0) is 4.74 Å². The number of thioether (sulfide) groups is 1. The van der Waals surface area contributed by atoms with Gasteiger partial charge in [0, 0.05) is 31.6 Å². The third-order valence-electron chi connectivity index (χ3n) is 4.74. The summed E-state index contributed by atoms with van der Waals surface area (Å²) in [6.07, 6.45) is 3.78. The largest absolute Gasteiger partial charge is 0.384 e. The van der Waals surface area contributed by atoms with Crippen LogP contribution in [0.5, 0.6) is 0 Å². The highest BCUT2D eigenvalue weighted by molar-refractivity contribution is 7.99. The molecule has 2 aliphatic rings. The molecule has 0 aromatic carbocycles. The summed E-state index contributed by atoms with van der Waals surface area (Å²) in [6, 6.07) is 0. The minimum atomic E-state index is 0.241. The quantitative estimate of drug-likeness (QED) is 0.860. The topological polar surface area (TPSA) is 38.5 Å². The number of likely N-dealkylation sites (tertiary alicyclic amines) is 1. The van der Waals surface area contributed by atoms with E-state index in [1.807, 2.05) is 7.11 Å². The Morgan fingerprint density at radius 1 is 1.26 bits per heavy atom. The number of hydrogen-bond donors (Lipinski definition) is 1. The molecule has 0 bridgehead atoms. The van der Waals surface area contributed by atoms with E-state index in [1.165, 1.54) is 43.9 Å². The summed E-state index contributed by atoms with van der Waals surface area (Å²) in [5.41, 5.74) is 6.87. The van der Waals surface area contributed by atoms with Crippen molar-refractivity contribution in [3.05, 3.63) is 0 Å². The summed E-state index contributed by atoms with van der Waals surface area (Å²) < 4.78 is 5.30. The molecular weight excluding hydrogens is 256 g/mol. The Morgan fingerprint density at radius 3 is 2.47 bits per heavy atom. The van der Waals surface area contributed by atoms with Gasteiger partial charge in [0.1, 0.15) is 0 Å². The maximum Gasteiger partial charge on any atom is 0.0491 e. The molecule has 2 saturated heterocycles. The zero-order valence-corrected chi connectivity index (χ0v) is 13.6. The van der Waals surface area contributed by atoms with Crippen LogP contribution in [0.4, 0.5) is 0 Å². The molecule has 0 aromatic rings. The molecule has 0 radical (unpaired) electrons. The van der Waals surface area contributed by atoms with Crippen molar-refractivity contribution in [2.45, 2.75) is 38.6 Å². The van der Waals surface area contributed by atoms with E-state index in [9.17, 15) is 0 Å².